The van der Waals surface area contributed by atoms with Crippen LogP contribution in [0.15, 0.2) is 0 Å². The minimum atomic E-state index is -0.169. The smallest absolute Gasteiger partial charge is 0.321 e. The molecule has 0 radical (unpaired) electrons. The highest BCUT2D eigenvalue weighted by atomic mass is 32.1. The highest BCUT2D eigenvalue weighted by molar-refractivity contribution is 7.15. The molecule has 0 aromatic carbocycles. The summed E-state index contributed by atoms with van der Waals surface area (Å²) in [6, 6.07) is -0.0192. The molecule has 1 aliphatic carbocycles. The van der Waals surface area contributed by atoms with Crippen molar-refractivity contribution in [2.24, 2.45) is 0 Å². The van der Waals surface area contributed by atoms with Crippen LogP contribution in [0.5, 0.6) is 0 Å². The molecule has 0 bridgehead atoms. The zero-order chi connectivity index (χ0) is 10.8. The number of amides is 2. The molecule has 1 aromatic rings. The van der Waals surface area contributed by atoms with Gasteiger partial charge in [-0.15, -0.1) is 11.3 Å². The number of hydrogen-bond donors (Lipinski definition) is 2. The number of anilines is 1. The number of rotatable bonds is 2. The van der Waals surface area contributed by atoms with E-state index in [1.165, 1.54) is 17.0 Å². The normalized spacial score (nSPS) is 14.1. The fourth-order valence-corrected chi connectivity index (χ4v) is 2.68. The monoisotopic (exact) mass is 225 g/mol. The molecule has 5 heteroatoms. The number of urea groups is 1. The van der Waals surface area contributed by atoms with E-state index in [1.54, 1.807) is 11.3 Å². The van der Waals surface area contributed by atoms with Gasteiger partial charge in [-0.05, 0) is 33.1 Å². The summed E-state index contributed by atoms with van der Waals surface area (Å²) in [4.78, 5) is 17.1. The molecule has 0 fully saturated rings. The number of nitrogens with zero attached hydrogens (tertiary/aromatic N) is 1. The lowest BCUT2D eigenvalue weighted by molar-refractivity contribution is 0.250. The molecular weight excluding hydrogens is 210 g/mol. The van der Waals surface area contributed by atoms with Gasteiger partial charge in [-0.25, -0.2) is 9.78 Å². The van der Waals surface area contributed by atoms with Crippen LogP contribution < -0.4 is 10.6 Å². The first kappa shape index (κ1) is 10.4. The Morgan fingerprint density at radius 3 is 2.93 bits per heavy atom. The van der Waals surface area contributed by atoms with Gasteiger partial charge in [0.1, 0.15) is 0 Å². The van der Waals surface area contributed by atoms with Gasteiger partial charge in [-0.1, -0.05) is 0 Å². The van der Waals surface area contributed by atoms with Crippen LogP contribution in [0.1, 0.15) is 30.8 Å². The summed E-state index contributed by atoms with van der Waals surface area (Å²) in [7, 11) is 0. The van der Waals surface area contributed by atoms with Crippen molar-refractivity contribution in [1.29, 1.82) is 0 Å². The van der Waals surface area contributed by atoms with Crippen molar-refractivity contribution in [3.63, 3.8) is 0 Å². The zero-order valence-electron chi connectivity index (χ0n) is 8.96. The van der Waals surface area contributed by atoms with E-state index in [9.17, 15) is 4.79 Å². The van der Waals surface area contributed by atoms with Crippen LogP contribution in [0.2, 0.25) is 0 Å². The summed E-state index contributed by atoms with van der Waals surface area (Å²) in [5.41, 5.74) is 1.17. The van der Waals surface area contributed by atoms with Crippen molar-refractivity contribution in [2.75, 3.05) is 5.32 Å². The molecule has 0 aliphatic heterocycles. The Bertz CT molecular complexity index is 351. The zero-order valence-corrected chi connectivity index (χ0v) is 9.78. The van der Waals surface area contributed by atoms with E-state index in [0.717, 1.165) is 18.0 Å². The molecular formula is C10H15N3OS. The van der Waals surface area contributed by atoms with Gasteiger partial charge in [0.25, 0.3) is 0 Å². The van der Waals surface area contributed by atoms with E-state index in [-0.39, 0.29) is 12.1 Å². The molecule has 2 N–H and O–H groups in total. The fourth-order valence-electron chi connectivity index (χ4n) is 1.64. The largest absolute Gasteiger partial charge is 0.336 e. The maximum absolute atomic E-state index is 11.4. The predicted molar refractivity (Wildman–Crippen MR) is 61.4 cm³/mol. The minimum Gasteiger partial charge on any atom is -0.336 e. The maximum Gasteiger partial charge on any atom is 0.321 e. The number of thiazole rings is 1. The molecule has 15 heavy (non-hydrogen) atoms. The van der Waals surface area contributed by atoms with Crippen LogP contribution in [0.4, 0.5) is 9.93 Å². The number of carbonyl (C=O) groups excluding carboxylic acids is 1. The lowest BCUT2D eigenvalue weighted by Crippen LogP contribution is -2.34. The van der Waals surface area contributed by atoms with Gasteiger partial charge in [-0.3, -0.25) is 5.32 Å². The predicted octanol–water partition coefficient (Wildman–Crippen LogP) is 2.16. The van der Waals surface area contributed by atoms with E-state index < -0.39 is 0 Å². The highest BCUT2D eigenvalue weighted by Gasteiger charge is 2.17. The highest BCUT2D eigenvalue weighted by Crippen LogP contribution is 2.30. The second kappa shape index (κ2) is 4.18. The number of aromatic nitrogens is 1. The first-order valence-electron chi connectivity index (χ1n) is 5.21. The van der Waals surface area contributed by atoms with Crippen molar-refractivity contribution in [1.82, 2.24) is 10.3 Å². The van der Waals surface area contributed by atoms with E-state index in [0.29, 0.717) is 0 Å². The van der Waals surface area contributed by atoms with Crippen LogP contribution in [0, 0.1) is 0 Å². The Kier molecular flexibility index (Phi) is 2.90. The third kappa shape index (κ3) is 2.47. The molecule has 0 atom stereocenters. The fraction of sp³-hybridized carbons (Fsp3) is 0.600. The van der Waals surface area contributed by atoms with Gasteiger partial charge in [0, 0.05) is 10.9 Å². The van der Waals surface area contributed by atoms with Crippen molar-refractivity contribution >= 4 is 22.5 Å². The van der Waals surface area contributed by atoms with Crippen molar-refractivity contribution in [3.8, 4) is 0 Å². The third-order valence-electron chi connectivity index (χ3n) is 2.24. The molecule has 1 aliphatic rings. The standard InChI is InChI=1S/C10H15N3OS/c1-6(2)11-9(14)13-10-12-7-4-3-5-8(7)15-10/h6H,3-5H2,1-2H3,(H2,11,12,13,14). The van der Waals surface area contributed by atoms with Crippen LogP contribution in [0.3, 0.4) is 0 Å². The lowest BCUT2D eigenvalue weighted by Gasteiger charge is -2.07. The van der Waals surface area contributed by atoms with E-state index in [1.807, 2.05) is 13.8 Å². The van der Waals surface area contributed by atoms with Crippen LogP contribution >= 0.6 is 11.3 Å². The van der Waals surface area contributed by atoms with Gasteiger partial charge in [0.05, 0.1) is 5.69 Å². The number of fused-ring (bicyclic) bond motifs is 1. The molecule has 2 amide bonds. The molecule has 0 saturated carbocycles. The van der Waals surface area contributed by atoms with E-state index in [2.05, 4.69) is 15.6 Å². The first-order valence-corrected chi connectivity index (χ1v) is 6.03. The average molecular weight is 225 g/mol. The molecule has 0 saturated heterocycles. The SMILES string of the molecule is CC(C)NC(=O)Nc1nc2c(s1)CCC2. The van der Waals surface area contributed by atoms with Crippen molar-refractivity contribution in [2.45, 2.75) is 39.2 Å². The molecule has 0 spiro atoms. The van der Waals surface area contributed by atoms with Crippen LogP contribution in [0.25, 0.3) is 0 Å². The Hall–Kier alpha value is -1.10. The topological polar surface area (TPSA) is 54.0 Å². The second-order valence-electron chi connectivity index (χ2n) is 4.00. The molecule has 1 heterocycles. The summed E-state index contributed by atoms with van der Waals surface area (Å²) in [5.74, 6) is 0. The minimum absolute atomic E-state index is 0.150. The summed E-state index contributed by atoms with van der Waals surface area (Å²) < 4.78 is 0. The quantitative estimate of drug-likeness (QED) is 0.810. The van der Waals surface area contributed by atoms with Crippen molar-refractivity contribution in [3.05, 3.63) is 10.6 Å². The van der Waals surface area contributed by atoms with Crippen LogP contribution in [-0.2, 0) is 12.8 Å². The van der Waals surface area contributed by atoms with E-state index in [4.69, 9.17) is 0 Å². The molecule has 0 unspecified atom stereocenters. The van der Waals surface area contributed by atoms with Gasteiger partial charge < -0.3 is 5.32 Å². The summed E-state index contributed by atoms with van der Waals surface area (Å²) in [6.45, 7) is 3.86. The van der Waals surface area contributed by atoms with Gasteiger partial charge in [0.15, 0.2) is 5.13 Å². The lowest BCUT2D eigenvalue weighted by atomic mass is 10.4. The third-order valence-corrected chi connectivity index (χ3v) is 3.31. The van der Waals surface area contributed by atoms with E-state index >= 15 is 0 Å². The van der Waals surface area contributed by atoms with Crippen molar-refractivity contribution < 1.29 is 4.79 Å². The Morgan fingerprint density at radius 1 is 1.47 bits per heavy atom. The Balaban J connectivity index is 1.96. The summed E-state index contributed by atoms with van der Waals surface area (Å²) >= 11 is 1.59. The molecule has 1 aromatic heterocycles. The van der Waals surface area contributed by atoms with Gasteiger partial charge in [0.2, 0.25) is 0 Å². The molecule has 2 rings (SSSR count). The number of carbonyl (C=O) groups is 1. The Labute approximate surface area is 93.1 Å². The maximum atomic E-state index is 11.4. The van der Waals surface area contributed by atoms with Gasteiger partial charge >= 0.3 is 6.03 Å². The molecule has 82 valence electrons. The first-order chi connectivity index (χ1) is 7.15. The summed E-state index contributed by atoms with van der Waals surface area (Å²) in [6.07, 6.45) is 3.37. The van der Waals surface area contributed by atoms with Crippen LogP contribution in [-0.4, -0.2) is 17.1 Å². The average Bonchev–Trinajstić information content (AvgIpc) is 2.60. The number of hydrogen-bond acceptors (Lipinski definition) is 3. The number of nitrogens with one attached hydrogen (secondary N) is 2. The van der Waals surface area contributed by atoms with Gasteiger partial charge in [-0.2, -0.15) is 0 Å². The Morgan fingerprint density at radius 2 is 2.27 bits per heavy atom. The molecule has 4 nitrogen and oxygen atoms in total. The summed E-state index contributed by atoms with van der Waals surface area (Å²) in [5, 5.41) is 6.25. The second-order valence-corrected chi connectivity index (χ2v) is 5.08. The number of aryl methyl sites for hydroxylation is 2.